The molecule has 1 fully saturated rings. The number of halogens is 1. The number of nitriles is 1. The number of carbonyl (C=O) groups is 1. The van der Waals surface area contributed by atoms with E-state index >= 15 is 0 Å². The fourth-order valence-electron chi connectivity index (χ4n) is 8.81. The van der Waals surface area contributed by atoms with E-state index in [9.17, 15) is 15.2 Å². The van der Waals surface area contributed by atoms with Gasteiger partial charge in [0.15, 0.2) is 11.6 Å². The number of benzene rings is 3. The van der Waals surface area contributed by atoms with Gasteiger partial charge in [0.1, 0.15) is 29.0 Å². The number of aromatic nitrogens is 4. The summed E-state index contributed by atoms with van der Waals surface area (Å²) < 4.78 is 9.60. The second-order valence-electron chi connectivity index (χ2n) is 16.2. The summed E-state index contributed by atoms with van der Waals surface area (Å²) in [5.41, 5.74) is 10.2. The van der Waals surface area contributed by atoms with Crippen LogP contribution in [0.1, 0.15) is 70.5 Å². The van der Waals surface area contributed by atoms with E-state index in [2.05, 4.69) is 102 Å². The molecule has 11 nitrogen and oxygen atoms in total. The number of nitrogens with zero attached hydrogens (tertiary/aromatic N) is 7. The quantitative estimate of drug-likeness (QED) is 0.100. The number of carboxylic acids is 1. The molecule has 12 heteroatoms. The number of rotatable bonds is 15. The van der Waals surface area contributed by atoms with E-state index in [0.717, 1.165) is 98.3 Å². The highest BCUT2D eigenvalue weighted by Crippen LogP contribution is 2.38. The Morgan fingerprint density at radius 3 is 2.38 bits per heavy atom. The minimum Gasteiger partial charge on any atom is -0.492 e. The number of aryl methyl sites for hydroxylation is 5. The predicted molar refractivity (Wildman–Crippen MR) is 234 cm³/mol. The lowest BCUT2D eigenvalue weighted by Gasteiger charge is -2.39. The van der Waals surface area contributed by atoms with Gasteiger partial charge in [-0.3, -0.25) is 4.79 Å². The van der Waals surface area contributed by atoms with Crippen LogP contribution >= 0.6 is 11.6 Å². The standard InChI is InChI=1S/C48H52ClN7O4/c1-32-7-15-40(16-8-32)56-48(54-24-21-36-27-35(9-13-38(36)31-54)5-3-4-6-45(58)59)46(49)44(52-56)20-12-34-10-17-41(18-11-34)55-47(43(29-50)33(2)51-55)53-23-22-37-28-42(60-26-25-57)19-14-39(37)30-53/h7-11,13-19,27-28,37,39,57H,3-6,12,20-26,30-31H2,1-2H3,(H,58,59). The summed E-state index contributed by atoms with van der Waals surface area (Å²) in [6.07, 6.45) is 12.2. The highest BCUT2D eigenvalue weighted by molar-refractivity contribution is 6.33. The molecule has 1 aliphatic carbocycles. The van der Waals surface area contributed by atoms with Crippen LogP contribution in [0.3, 0.4) is 0 Å². The lowest BCUT2D eigenvalue weighted by molar-refractivity contribution is -0.137. The molecular weight excluding hydrogens is 774 g/mol. The minimum absolute atomic E-state index is 0.0110. The first kappa shape index (κ1) is 40.9. The summed E-state index contributed by atoms with van der Waals surface area (Å²) in [7, 11) is 0. The van der Waals surface area contributed by atoms with E-state index in [-0.39, 0.29) is 25.6 Å². The first-order chi connectivity index (χ1) is 29.2. The van der Waals surface area contributed by atoms with Crippen molar-refractivity contribution in [2.75, 3.05) is 42.6 Å². The molecule has 2 aromatic heterocycles. The van der Waals surface area contributed by atoms with Crippen molar-refractivity contribution in [2.45, 2.75) is 71.8 Å². The summed E-state index contributed by atoms with van der Waals surface area (Å²) in [6, 6.07) is 25.9. The summed E-state index contributed by atoms with van der Waals surface area (Å²) >= 11 is 7.32. The zero-order valence-electron chi connectivity index (χ0n) is 34.4. The third-order valence-corrected chi connectivity index (χ3v) is 12.5. The van der Waals surface area contributed by atoms with Gasteiger partial charge in [0.25, 0.3) is 0 Å². The Morgan fingerprint density at radius 2 is 1.63 bits per heavy atom. The fourth-order valence-corrected chi connectivity index (χ4v) is 9.14. The van der Waals surface area contributed by atoms with E-state index in [1.165, 1.54) is 22.3 Å². The van der Waals surface area contributed by atoms with Gasteiger partial charge in [0, 0.05) is 38.5 Å². The first-order valence-electron chi connectivity index (χ1n) is 21.1. The number of hydrogen-bond acceptors (Lipinski definition) is 8. The number of fused-ring (bicyclic) bond motifs is 2. The number of piperidine rings is 1. The maximum atomic E-state index is 10.9. The van der Waals surface area contributed by atoms with Gasteiger partial charge in [-0.2, -0.15) is 15.5 Å². The van der Waals surface area contributed by atoms with Crippen LogP contribution in [0.15, 0.2) is 90.7 Å². The van der Waals surface area contributed by atoms with E-state index in [1.54, 1.807) is 0 Å². The molecule has 2 unspecified atom stereocenters. The van der Waals surface area contributed by atoms with Crippen molar-refractivity contribution in [2.24, 2.45) is 11.8 Å². The summed E-state index contributed by atoms with van der Waals surface area (Å²) in [5, 5.41) is 39.1. The molecule has 5 aromatic rings. The SMILES string of the molecule is Cc1ccc(-n2nc(CCc3ccc(-n4nc(C)c(C#N)c4N4CCC5C=C(OCCO)C=CC5C4)cc3)c(Cl)c2N2CCc3cc(CCCCC(=O)O)ccc3C2)cc1. The maximum Gasteiger partial charge on any atom is 0.303 e. The zero-order chi connectivity index (χ0) is 41.8. The zero-order valence-corrected chi connectivity index (χ0v) is 35.1. The summed E-state index contributed by atoms with van der Waals surface area (Å²) in [5.74, 6) is 2.44. The summed E-state index contributed by atoms with van der Waals surface area (Å²) in [4.78, 5) is 15.6. The van der Waals surface area contributed by atoms with Gasteiger partial charge in [-0.15, -0.1) is 0 Å². The Hall–Kier alpha value is -5.83. The number of ether oxygens (including phenoxy) is 1. The van der Waals surface area contributed by atoms with Gasteiger partial charge in [0.05, 0.1) is 29.4 Å². The Labute approximate surface area is 356 Å². The Kier molecular flexibility index (Phi) is 12.4. The molecule has 1 saturated heterocycles. The number of carboxylic acid groups (broad SMARTS) is 1. The molecule has 0 saturated carbocycles. The largest absolute Gasteiger partial charge is 0.492 e. The molecule has 0 bridgehead atoms. The molecule has 0 radical (unpaired) electrons. The fraction of sp³-hybridized carbons (Fsp3) is 0.375. The lowest BCUT2D eigenvalue weighted by atomic mass is 9.82. The van der Waals surface area contributed by atoms with Crippen LogP contribution in [0.25, 0.3) is 11.4 Å². The van der Waals surface area contributed by atoms with Crippen molar-refractivity contribution >= 4 is 29.2 Å². The number of allylic oxidation sites excluding steroid dienone is 2. The van der Waals surface area contributed by atoms with Crippen LogP contribution in [-0.2, 0) is 41.8 Å². The average Bonchev–Trinajstić information content (AvgIpc) is 3.78. The highest BCUT2D eigenvalue weighted by Gasteiger charge is 2.33. The number of aliphatic carboxylic acids is 1. The Morgan fingerprint density at radius 1 is 0.883 bits per heavy atom. The van der Waals surface area contributed by atoms with Crippen molar-refractivity contribution in [1.82, 2.24) is 19.6 Å². The van der Waals surface area contributed by atoms with Crippen molar-refractivity contribution < 1.29 is 19.7 Å². The number of hydrogen-bond donors (Lipinski definition) is 2. The van der Waals surface area contributed by atoms with Gasteiger partial charge in [-0.05, 0) is 123 Å². The van der Waals surface area contributed by atoms with Crippen LogP contribution in [0.5, 0.6) is 0 Å². The lowest BCUT2D eigenvalue weighted by Crippen LogP contribution is -2.41. The third-order valence-electron chi connectivity index (χ3n) is 12.1. The molecule has 2 N–H and O–H groups in total. The molecule has 3 aromatic carbocycles. The van der Waals surface area contributed by atoms with Crippen LogP contribution in [-0.4, -0.2) is 68.6 Å². The van der Waals surface area contributed by atoms with E-state index in [1.807, 2.05) is 22.4 Å². The molecule has 0 spiro atoms. The van der Waals surface area contributed by atoms with Gasteiger partial charge >= 0.3 is 5.97 Å². The molecule has 3 aliphatic rings. The normalized spacial score (nSPS) is 17.2. The molecule has 8 rings (SSSR count). The molecular formula is C48H52ClN7O4. The molecule has 310 valence electrons. The number of aliphatic hydroxyl groups excluding tert-OH is 1. The second-order valence-corrected chi connectivity index (χ2v) is 16.6. The van der Waals surface area contributed by atoms with Gasteiger partial charge in [-0.1, -0.05) is 65.7 Å². The smallest absolute Gasteiger partial charge is 0.303 e. The number of anilines is 2. The third kappa shape index (κ3) is 8.86. The average molecular weight is 826 g/mol. The Bertz CT molecular complexity index is 2440. The topological polar surface area (TPSA) is 133 Å². The van der Waals surface area contributed by atoms with Crippen molar-refractivity contribution in [3.05, 3.63) is 141 Å². The van der Waals surface area contributed by atoms with Gasteiger partial charge < -0.3 is 24.7 Å². The van der Waals surface area contributed by atoms with Crippen LogP contribution in [0.2, 0.25) is 5.02 Å². The van der Waals surface area contributed by atoms with E-state index in [0.29, 0.717) is 35.0 Å². The van der Waals surface area contributed by atoms with Crippen molar-refractivity contribution in [3.8, 4) is 17.4 Å². The molecule has 60 heavy (non-hydrogen) atoms. The highest BCUT2D eigenvalue weighted by atomic mass is 35.5. The molecule has 4 heterocycles. The van der Waals surface area contributed by atoms with Crippen LogP contribution < -0.4 is 9.80 Å². The van der Waals surface area contributed by atoms with E-state index in [4.69, 9.17) is 31.6 Å². The number of aliphatic hydroxyl groups is 1. The predicted octanol–water partition coefficient (Wildman–Crippen LogP) is 8.25. The maximum absolute atomic E-state index is 10.9. The summed E-state index contributed by atoms with van der Waals surface area (Å²) in [6.45, 7) is 7.35. The molecule has 0 amide bonds. The second kappa shape index (κ2) is 18.2. The van der Waals surface area contributed by atoms with Crippen molar-refractivity contribution in [3.63, 3.8) is 0 Å². The molecule has 2 atom stereocenters. The first-order valence-corrected chi connectivity index (χ1v) is 21.5. The van der Waals surface area contributed by atoms with Crippen LogP contribution in [0, 0.1) is 37.0 Å². The van der Waals surface area contributed by atoms with Gasteiger partial charge in [-0.25, -0.2) is 9.36 Å². The monoisotopic (exact) mass is 825 g/mol. The van der Waals surface area contributed by atoms with E-state index < -0.39 is 5.97 Å². The molecule has 2 aliphatic heterocycles. The number of unbranched alkanes of at least 4 members (excludes halogenated alkanes) is 1. The Balaban J connectivity index is 0.983. The van der Waals surface area contributed by atoms with Gasteiger partial charge in [0.2, 0.25) is 0 Å². The van der Waals surface area contributed by atoms with Crippen molar-refractivity contribution in [1.29, 1.82) is 5.26 Å². The minimum atomic E-state index is -0.738. The van der Waals surface area contributed by atoms with Crippen LogP contribution in [0.4, 0.5) is 11.6 Å².